The summed E-state index contributed by atoms with van der Waals surface area (Å²) in [5.41, 5.74) is -2.53. The first kappa shape index (κ1) is 35.6. The highest BCUT2D eigenvalue weighted by Gasteiger charge is 2.47. The number of para-hydroxylation sites is 1. The molecule has 0 bridgehead atoms. The van der Waals surface area contributed by atoms with Crippen molar-refractivity contribution in [1.82, 2.24) is 9.80 Å². The van der Waals surface area contributed by atoms with E-state index in [0.29, 0.717) is 44.1 Å². The van der Waals surface area contributed by atoms with Crippen molar-refractivity contribution >= 4 is 23.5 Å². The molecule has 0 aromatic heterocycles. The molecular weight excluding hydrogens is 620 g/mol. The molecule has 1 N–H and O–H groups in total. The van der Waals surface area contributed by atoms with Crippen LogP contribution in [-0.4, -0.2) is 83.4 Å². The van der Waals surface area contributed by atoms with Crippen LogP contribution in [0.1, 0.15) is 70.3 Å². The number of aliphatic imine (C=N–C) groups is 1. The summed E-state index contributed by atoms with van der Waals surface area (Å²) in [7, 11) is 0. The van der Waals surface area contributed by atoms with Crippen LogP contribution in [0.5, 0.6) is 5.75 Å². The maximum atomic E-state index is 15.0. The molecule has 3 aliphatic heterocycles. The van der Waals surface area contributed by atoms with Gasteiger partial charge in [0.1, 0.15) is 5.71 Å². The summed E-state index contributed by atoms with van der Waals surface area (Å²) in [5.74, 6) is -3.33. The van der Waals surface area contributed by atoms with Crippen LogP contribution >= 0.6 is 0 Å². The quantitative estimate of drug-likeness (QED) is 0.238. The number of allylic oxidation sites excluding steroid dienone is 2. The molecule has 0 spiro atoms. The number of ether oxygens (including phenoxy) is 1. The lowest BCUT2D eigenvalue weighted by atomic mass is 9.73. The van der Waals surface area contributed by atoms with Crippen molar-refractivity contribution in [3.63, 3.8) is 0 Å². The highest BCUT2D eigenvalue weighted by Crippen LogP contribution is 2.42. The summed E-state index contributed by atoms with van der Waals surface area (Å²) in [6, 6.07) is 6.08. The Hall–Kier alpha value is -4.21. The molecule has 2 unspecified atom stereocenters. The summed E-state index contributed by atoms with van der Waals surface area (Å²) in [6.07, 6.45) is 1.79. The Morgan fingerprint density at radius 1 is 1.17 bits per heavy atom. The predicted molar refractivity (Wildman–Crippen MR) is 165 cm³/mol. The zero-order valence-corrected chi connectivity index (χ0v) is 26.4. The van der Waals surface area contributed by atoms with E-state index in [2.05, 4.69) is 11.1 Å². The van der Waals surface area contributed by atoms with Crippen LogP contribution < -0.4 is 4.74 Å². The van der Waals surface area contributed by atoms with Gasteiger partial charge in [-0.25, -0.2) is 4.39 Å². The fraction of sp³-hybridized carbons (Fsp3) is 0.559. The van der Waals surface area contributed by atoms with Gasteiger partial charge in [0.15, 0.2) is 11.6 Å². The van der Waals surface area contributed by atoms with Crippen molar-refractivity contribution in [1.29, 1.82) is 5.26 Å². The van der Waals surface area contributed by atoms with Crippen LogP contribution in [0.2, 0.25) is 0 Å². The summed E-state index contributed by atoms with van der Waals surface area (Å²) < 4.78 is 62.4. The fourth-order valence-corrected chi connectivity index (χ4v) is 6.70. The predicted octanol–water partition coefficient (Wildman–Crippen LogP) is 5.75. The molecule has 47 heavy (non-hydrogen) atoms. The second-order valence-corrected chi connectivity index (χ2v) is 12.1. The first-order valence-corrected chi connectivity index (χ1v) is 16.1. The Labute approximate surface area is 271 Å². The largest absolute Gasteiger partial charge is 0.490 e. The molecule has 2 atom stereocenters. The van der Waals surface area contributed by atoms with Crippen LogP contribution in [0.3, 0.4) is 0 Å². The van der Waals surface area contributed by atoms with Gasteiger partial charge >= 0.3 is 12.1 Å². The highest BCUT2D eigenvalue weighted by molar-refractivity contribution is 6.45. The lowest BCUT2D eigenvalue weighted by molar-refractivity contribution is -0.144. The summed E-state index contributed by atoms with van der Waals surface area (Å²) in [5, 5.41) is 19.2. The standard InChI is InChI=1S/C34H40F4N4O5/c1-2-9-27-23(10-8-18-42(27)32(46)29-24(34(36,37)38)11-3-5-17-40-29)31(45)41-19-15-33(22-39,16-20-41)25-12-7-13-26(35)30(25)47-21-6-4-14-28(43)44/h3,5,7,11-13,23,27H,2,4,6,8-10,14-21H2,1H3,(H,43,44). The minimum absolute atomic E-state index is 0.0383. The number of nitriles is 1. The van der Waals surface area contributed by atoms with Gasteiger partial charge in [0, 0.05) is 37.7 Å². The van der Waals surface area contributed by atoms with Crippen molar-refractivity contribution in [3.05, 3.63) is 53.4 Å². The van der Waals surface area contributed by atoms with E-state index in [9.17, 15) is 37.2 Å². The van der Waals surface area contributed by atoms with Crippen LogP contribution in [-0.2, 0) is 19.8 Å². The number of carboxylic acids is 1. The van der Waals surface area contributed by atoms with E-state index in [1.54, 1.807) is 11.0 Å². The normalized spacial score (nSPS) is 21.3. The first-order chi connectivity index (χ1) is 22.4. The molecule has 2 amide bonds. The molecule has 0 saturated carbocycles. The zero-order chi connectivity index (χ0) is 34.2. The number of likely N-dealkylation sites (tertiary alicyclic amines) is 2. The minimum atomic E-state index is -4.78. The van der Waals surface area contributed by atoms with Gasteiger partial charge in [-0.2, -0.15) is 18.4 Å². The van der Waals surface area contributed by atoms with Gasteiger partial charge in [-0.15, -0.1) is 0 Å². The lowest BCUT2D eigenvalue weighted by Crippen LogP contribution is -2.56. The van der Waals surface area contributed by atoms with Gasteiger partial charge in [0.05, 0.1) is 36.1 Å². The molecule has 3 heterocycles. The Balaban J connectivity index is 1.50. The molecule has 254 valence electrons. The number of alkyl halides is 3. The number of halogens is 4. The van der Waals surface area contributed by atoms with Gasteiger partial charge < -0.3 is 19.6 Å². The Kier molecular flexibility index (Phi) is 11.8. The second kappa shape index (κ2) is 15.6. The second-order valence-electron chi connectivity index (χ2n) is 12.1. The van der Waals surface area contributed by atoms with Crippen LogP contribution in [0.15, 0.2) is 47.0 Å². The number of hydrogen-bond donors (Lipinski definition) is 1. The van der Waals surface area contributed by atoms with E-state index in [1.165, 1.54) is 29.2 Å². The molecule has 1 aromatic rings. The summed E-state index contributed by atoms with van der Waals surface area (Å²) in [4.78, 5) is 45.5. The van der Waals surface area contributed by atoms with Crippen molar-refractivity contribution < 1.29 is 41.8 Å². The van der Waals surface area contributed by atoms with Gasteiger partial charge in [0.25, 0.3) is 5.91 Å². The molecule has 9 nitrogen and oxygen atoms in total. The zero-order valence-electron chi connectivity index (χ0n) is 26.4. The third-order valence-corrected chi connectivity index (χ3v) is 9.11. The number of nitrogens with zero attached hydrogens (tertiary/aromatic N) is 4. The van der Waals surface area contributed by atoms with Crippen molar-refractivity contribution in [3.8, 4) is 11.8 Å². The van der Waals surface area contributed by atoms with Crippen molar-refractivity contribution in [2.24, 2.45) is 10.9 Å². The first-order valence-electron chi connectivity index (χ1n) is 16.1. The highest BCUT2D eigenvalue weighted by atomic mass is 19.4. The smallest absolute Gasteiger partial charge is 0.418 e. The number of carbonyl (C=O) groups is 3. The number of piperidine rings is 2. The topological polar surface area (TPSA) is 123 Å². The number of carboxylic acid groups (broad SMARTS) is 1. The van der Waals surface area contributed by atoms with E-state index in [1.807, 2.05) is 6.92 Å². The van der Waals surface area contributed by atoms with Gasteiger partial charge in [-0.05, 0) is 57.1 Å². The molecule has 4 rings (SSSR count). The third kappa shape index (κ3) is 8.21. The number of carbonyl (C=O) groups excluding carboxylic acids is 2. The monoisotopic (exact) mass is 660 g/mol. The van der Waals surface area contributed by atoms with E-state index in [4.69, 9.17) is 9.84 Å². The fourth-order valence-electron chi connectivity index (χ4n) is 6.70. The average molecular weight is 661 g/mol. The lowest BCUT2D eigenvalue weighted by Gasteiger charge is -2.44. The average Bonchev–Trinajstić information content (AvgIpc) is 3.32. The molecule has 3 aliphatic rings. The number of rotatable bonds is 11. The summed E-state index contributed by atoms with van der Waals surface area (Å²) in [6.45, 7) is 2.48. The van der Waals surface area contributed by atoms with Crippen molar-refractivity contribution in [2.45, 2.75) is 82.3 Å². The molecule has 0 radical (unpaired) electrons. The molecule has 2 fully saturated rings. The molecular formula is C34H40F4N4O5. The molecule has 13 heteroatoms. The summed E-state index contributed by atoms with van der Waals surface area (Å²) >= 11 is 0. The van der Waals surface area contributed by atoms with Gasteiger partial charge in [-0.3, -0.25) is 19.4 Å². The van der Waals surface area contributed by atoms with Crippen LogP contribution in [0.25, 0.3) is 0 Å². The Bertz CT molecular complexity index is 1460. The molecule has 0 aliphatic carbocycles. The molecule has 2 saturated heterocycles. The SMILES string of the molecule is CCCC1C(C(=O)N2CCC(C#N)(c3cccc(F)c3OCCCCC(=O)O)CC2)CCCN1C(=O)C1=NCC=CC=C1C(F)(F)F. The minimum Gasteiger partial charge on any atom is -0.490 e. The van der Waals surface area contributed by atoms with E-state index in [-0.39, 0.29) is 63.7 Å². The number of amides is 2. The van der Waals surface area contributed by atoms with Crippen LogP contribution in [0, 0.1) is 23.1 Å². The number of benzene rings is 1. The Morgan fingerprint density at radius 2 is 1.91 bits per heavy atom. The number of hydrogen-bond acceptors (Lipinski definition) is 6. The van der Waals surface area contributed by atoms with E-state index >= 15 is 0 Å². The van der Waals surface area contributed by atoms with E-state index in [0.717, 1.165) is 6.08 Å². The van der Waals surface area contributed by atoms with Crippen LogP contribution in [0.4, 0.5) is 17.6 Å². The van der Waals surface area contributed by atoms with E-state index < -0.39 is 52.5 Å². The third-order valence-electron chi connectivity index (χ3n) is 9.11. The van der Waals surface area contributed by atoms with Crippen molar-refractivity contribution in [2.75, 3.05) is 32.8 Å². The molecule has 1 aromatic carbocycles. The van der Waals surface area contributed by atoms with Gasteiger partial charge in [-0.1, -0.05) is 37.6 Å². The van der Waals surface area contributed by atoms with Gasteiger partial charge in [0.2, 0.25) is 5.91 Å². The number of aliphatic carboxylic acids is 1. The maximum absolute atomic E-state index is 15.0. The number of unbranched alkanes of at least 4 members (excludes halogenated alkanes) is 1. The maximum Gasteiger partial charge on any atom is 0.418 e. The Morgan fingerprint density at radius 3 is 2.57 bits per heavy atom.